The fourth-order valence-corrected chi connectivity index (χ4v) is 4.86. The normalized spacial score (nSPS) is 26.7. The monoisotopic (exact) mass is 477 g/mol. The molecule has 0 saturated carbocycles. The molecule has 0 radical (unpaired) electrons. The minimum atomic E-state index is -0.972. The van der Waals surface area contributed by atoms with Crippen LogP contribution in [0.3, 0.4) is 0 Å². The van der Waals surface area contributed by atoms with Crippen molar-refractivity contribution in [2.75, 3.05) is 12.3 Å². The van der Waals surface area contributed by atoms with Crippen molar-refractivity contribution in [1.29, 1.82) is 0 Å². The van der Waals surface area contributed by atoms with Crippen LogP contribution in [0.2, 0.25) is 0 Å². The number of nitrogen functional groups attached to an aromatic ring is 1. The number of amides is 2. The van der Waals surface area contributed by atoms with E-state index in [0.717, 1.165) is 4.90 Å². The number of hydrogen-bond donors (Lipinski definition) is 1. The highest BCUT2D eigenvalue weighted by Gasteiger charge is 2.57. The van der Waals surface area contributed by atoms with Crippen LogP contribution in [-0.2, 0) is 14.2 Å². The van der Waals surface area contributed by atoms with Crippen molar-refractivity contribution in [1.82, 2.24) is 24.4 Å². The Labute approximate surface area is 197 Å². The third-order valence-electron chi connectivity index (χ3n) is 6.24. The smallest absolute Gasteiger partial charge is 0.261 e. The lowest BCUT2D eigenvalue weighted by atomic mass is 10.1. The zero-order chi connectivity index (χ0) is 24.5. The van der Waals surface area contributed by atoms with Crippen molar-refractivity contribution in [3.8, 4) is 0 Å². The lowest BCUT2D eigenvalue weighted by Crippen LogP contribution is -2.42. The summed E-state index contributed by atoms with van der Waals surface area (Å²) in [5.74, 6) is -1.73. The average Bonchev–Trinajstić information content (AvgIpc) is 3.51. The van der Waals surface area contributed by atoms with E-state index in [0.29, 0.717) is 11.1 Å². The summed E-state index contributed by atoms with van der Waals surface area (Å²) < 4.78 is 20.0. The zero-order valence-corrected chi connectivity index (χ0v) is 18.6. The van der Waals surface area contributed by atoms with Gasteiger partial charge in [0, 0.05) is 4.91 Å². The molecule has 5 heterocycles. The van der Waals surface area contributed by atoms with Crippen molar-refractivity contribution in [2.45, 2.75) is 44.2 Å². The summed E-state index contributed by atoms with van der Waals surface area (Å²) in [6.07, 6.45) is -1.72. The standard InChI is InChI=1S/C21H19N9O5/c1-21(2)34-13-11(7-29-17(31)9-5-3-4-6-10(9)18(29)32)33-19(14(13)35-21)30-16-12(15(22)24-8-25-16)26-20(30)27-28-23/h3-6,8,11,13-14,19H,7H2,1-2H3,(H2,22,24,25)/t11-,13-,14-,19-/m1/s1. The molecule has 2 amide bonds. The van der Waals surface area contributed by atoms with Gasteiger partial charge in [0.15, 0.2) is 29.0 Å². The maximum Gasteiger partial charge on any atom is 0.261 e. The van der Waals surface area contributed by atoms with E-state index in [2.05, 4.69) is 25.0 Å². The lowest BCUT2D eigenvalue weighted by molar-refractivity contribution is -0.196. The largest absolute Gasteiger partial charge is 0.382 e. The summed E-state index contributed by atoms with van der Waals surface area (Å²) in [6, 6.07) is 6.64. The van der Waals surface area contributed by atoms with Crippen molar-refractivity contribution in [2.24, 2.45) is 5.11 Å². The van der Waals surface area contributed by atoms with E-state index < -0.39 is 42.1 Å². The number of imide groups is 1. The maximum atomic E-state index is 13.0. The Hall–Kier alpha value is -4.10. The van der Waals surface area contributed by atoms with E-state index in [1.807, 2.05) is 0 Å². The van der Waals surface area contributed by atoms with Crippen LogP contribution in [0.25, 0.3) is 21.6 Å². The second kappa shape index (κ2) is 7.45. The molecule has 2 saturated heterocycles. The van der Waals surface area contributed by atoms with Gasteiger partial charge in [0.1, 0.15) is 24.6 Å². The molecule has 0 spiro atoms. The predicted octanol–water partition coefficient (Wildman–Crippen LogP) is 2.06. The first kappa shape index (κ1) is 21.4. The molecule has 14 nitrogen and oxygen atoms in total. The highest BCUT2D eigenvalue weighted by Crippen LogP contribution is 2.46. The number of carbonyl (C=O) groups is 2. The van der Waals surface area contributed by atoms with Crippen LogP contribution < -0.4 is 5.73 Å². The molecule has 4 atom stereocenters. The third-order valence-corrected chi connectivity index (χ3v) is 6.24. The molecule has 35 heavy (non-hydrogen) atoms. The Morgan fingerprint density at radius 2 is 1.83 bits per heavy atom. The Morgan fingerprint density at radius 1 is 1.14 bits per heavy atom. The molecule has 3 aromatic rings. The molecule has 3 aliphatic heterocycles. The van der Waals surface area contributed by atoms with Gasteiger partial charge in [-0.25, -0.2) is 15.0 Å². The highest BCUT2D eigenvalue weighted by atomic mass is 16.8. The van der Waals surface area contributed by atoms with Crippen LogP contribution >= 0.6 is 0 Å². The molecule has 0 unspecified atom stereocenters. The first-order valence-electron chi connectivity index (χ1n) is 10.8. The summed E-state index contributed by atoms with van der Waals surface area (Å²) in [4.78, 5) is 42.4. The summed E-state index contributed by atoms with van der Waals surface area (Å²) in [5, 5.41) is 3.67. The van der Waals surface area contributed by atoms with E-state index in [9.17, 15) is 9.59 Å². The van der Waals surface area contributed by atoms with Gasteiger partial charge < -0.3 is 19.9 Å². The van der Waals surface area contributed by atoms with Crippen molar-refractivity contribution < 1.29 is 23.8 Å². The van der Waals surface area contributed by atoms with Gasteiger partial charge >= 0.3 is 0 Å². The Morgan fingerprint density at radius 3 is 2.51 bits per heavy atom. The number of nitrogens with zero attached hydrogens (tertiary/aromatic N) is 8. The number of azide groups is 1. The van der Waals surface area contributed by atoms with Gasteiger partial charge in [-0.1, -0.05) is 12.1 Å². The molecule has 0 bridgehead atoms. The van der Waals surface area contributed by atoms with Crippen LogP contribution in [0.5, 0.6) is 0 Å². The Bertz CT molecular complexity index is 1410. The van der Waals surface area contributed by atoms with E-state index in [1.165, 1.54) is 10.9 Å². The summed E-state index contributed by atoms with van der Waals surface area (Å²) >= 11 is 0. The number of hydrogen-bond acceptors (Lipinski definition) is 10. The van der Waals surface area contributed by atoms with Crippen LogP contribution in [0.1, 0.15) is 40.8 Å². The molecule has 2 fully saturated rings. The number of nitrogens with two attached hydrogens (primary N) is 1. The van der Waals surface area contributed by atoms with Crippen LogP contribution in [0, 0.1) is 0 Å². The number of aromatic nitrogens is 4. The molecular weight excluding hydrogens is 458 g/mol. The maximum absolute atomic E-state index is 13.0. The van der Waals surface area contributed by atoms with E-state index in [1.54, 1.807) is 38.1 Å². The van der Waals surface area contributed by atoms with Crippen molar-refractivity contribution in [3.05, 3.63) is 52.2 Å². The molecule has 6 rings (SSSR count). The van der Waals surface area contributed by atoms with Crippen LogP contribution in [0.4, 0.5) is 11.8 Å². The number of ether oxygens (including phenoxy) is 3. The Kier molecular flexibility index (Phi) is 4.56. The predicted molar refractivity (Wildman–Crippen MR) is 118 cm³/mol. The molecule has 2 aromatic heterocycles. The number of rotatable bonds is 4. The second-order valence-electron chi connectivity index (χ2n) is 8.80. The molecule has 1 aromatic carbocycles. The molecule has 0 aliphatic carbocycles. The fourth-order valence-electron chi connectivity index (χ4n) is 4.86. The highest BCUT2D eigenvalue weighted by molar-refractivity contribution is 6.21. The molecule has 14 heteroatoms. The van der Waals surface area contributed by atoms with Gasteiger partial charge in [0.25, 0.3) is 11.8 Å². The minimum Gasteiger partial charge on any atom is -0.382 e. The average molecular weight is 477 g/mol. The second-order valence-corrected chi connectivity index (χ2v) is 8.80. The minimum absolute atomic E-state index is 0.0480. The topological polar surface area (TPSA) is 183 Å². The zero-order valence-electron chi connectivity index (χ0n) is 18.6. The molecule has 178 valence electrons. The van der Waals surface area contributed by atoms with Crippen LogP contribution in [-0.4, -0.2) is 66.9 Å². The lowest BCUT2D eigenvalue weighted by Gasteiger charge is -2.26. The first-order valence-corrected chi connectivity index (χ1v) is 10.8. The first-order chi connectivity index (χ1) is 16.8. The number of fused-ring (bicyclic) bond motifs is 3. The van der Waals surface area contributed by atoms with Crippen LogP contribution in [0.15, 0.2) is 35.7 Å². The SMILES string of the molecule is CC1(C)O[C@@H]2[C@H](O1)[C@@H](CN1C(=O)c3ccccc3C1=O)O[C@H]2n1c(N=[N+]=[N-])nc2c(N)ncnc21. The summed E-state index contributed by atoms with van der Waals surface area (Å²) in [6.45, 7) is 3.44. The van der Waals surface area contributed by atoms with Crippen molar-refractivity contribution >= 4 is 34.7 Å². The number of imidazole rings is 1. The summed E-state index contributed by atoms with van der Waals surface area (Å²) in [7, 11) is 0. The number of carbonyl (C=O) groups excluding carboxylic acids is 2. The Balaban J connectivity index is 1.40. The summed E-state index contributed by atoms with van der Waals surface area (Å²) in [5.41, 5.74) is 16.2. The fraction of sp³-hybridized carbons (Fsp3) is 0.381. The van der Waals surface area contributed by atoms with Gasteiger partial charge in [-0.05, 0) is 36.6 Å². The van der Waals surface area contributed by atoms with E-state index >= 15 is 0 Å². The number of benzene rings is 1. The van der Waals surface area contributed by atoms with Gasteiger partial charge in [-0.15, -0.1) is 0 Å². The van der Waals surface area contributed by atoms with E-state index in [-0.39, 0.29) is 29.5 Å². The third kappa shape index (κ3) is 3.15. The number of anilines is 1. The van der Waals surface area contributed by atoms with Crippen molar-refractivity contribution in [3.63, 3.8) is 0 Å². The van der Waals surface area contributed by atoms with Gasteiger partial charge in [0.05, 0.1) is 17.7 Å². The molecule has 3 aliphatic rings. The molecular formula is C21H19N9O5. The van der Waals surface area contributed by atoms with Gasteiger partial charge in [0.2, 0.25) is 5.95 Å². The van der Waals surface area contributed by atoms with Gasteiger partial charge in [-0.3, -0.25) is 19.1 Å². The van der Waals surface area contributed by atoms with E-state index in [4.69, 9.17) is 25.5 Å². The molecule has 2 N–H and O–H groups in total. The van der Waals surface area contributed by atoms with Gasteiger partial charge in [-0.2, -0.15) is 0 Å². The quantitative estimate of drug-likeness (QED) is 0.254.